The van der Waals surface area contributed by atoms with Crippen molar-refractivity contribution in [2.45, 2.75) is 6.54 Å². The molecule has 6 nitrogen and oxygen atoms in total. The fourth-order valence-corrected chi connectivity index (χ4v) is 2.34. The van der Waals surface area contributed by atoms with Crippen molar-refractivity contribution < 1.29 is 14.4 Å². The quantitative estimate of drug-likeness (QED) is 0.842. The highest BCUT2D eigenvalue weighted by atomic mass is 35.5. The highest BCUT2D eigenvalue weighted by molar-refractivity contribution is 7.53. The minimum Gasteiger partial charge on any atom is -0.308 e. The highest BCUT2D eigenvalue weighted by Gasteiger charge is 2.27. The molecular weight excluding hydrogens is 289 g/mol. The molecule has 19 heavy (non-hydrogen) atoms. The molecule has 0 spiro atoms. The third-order valence-corrected chi connectivity index (χ3v) is 3.60. The van der Waals surface area contributed by atoms with Crippen molar-refractivity contribution in [1.29, 1.82) is 0 Å². The Morgan fingerprint density at radius 3 is 2.42 bits per heavy atom. The van der Waals surface area contributed by atoms with E-state index in [0.717, 1.165) is 4.67 Å². The van der Waals surface area contributed by atoms with E-state index in [0.29, 0.717) is 10.6 Å². The number of hydrogen-bond acceptors (Lipinski definition) is 3. The van der Waals surface area contributed by atoms with Crippen molar-refractivity contribution in [3.05, 3.63) is 53.4 Å². The topological polar surface area (TPSA) is 86.5 Å². The van der Waals surface area contributed by atoms with E-state index in [1.807, 2.05) is 0 Å². The molecule has 0 amide bonds. The average Bonchev–Trinajstić information content (AvgIpc) is 2.37. The smallest absolute Gasteiger partial charge is 0.308 e. The predicted molar refractivity (Wildman–Crippen MR) is 71.7 cm³/mol. The molecule has 0 aliphatic heterocycles. The number of anilines is 1. The van der Waals surface area contributed by atoms with Crippen LogP contribution in [-0.2, 0) is 11.1 Å². The van der Waals surface area contributed by atoms with Gasteiger partial charge in [0.2, 0.25) is 0 Å². The fourth-order valence-electron chi connectivity index (χ4n) is 1.49. The van der Waals surface area contributed by atoms with E-state index >= 15 is 0 Å². The van der Waals surface area contributed by atoms with Crippen LogP contribution in [0, 0.1) is 0 Å². The lowest BCUT2D eigenvalue weighted by Crippen LogP contribution is -2.20. The Morgan fingerprint density at radius 1 is 1.21 bits per heavy atom. The van der Waals surface area contributed by atoms with E-state index < -0.39 is 7.75 Å². The summed E-state index contributed by atoms with van der Waals surface area (Å²) < 4.78 is 12.4. The van der Waals surface area contributed by atoms with Gasteiger partial charge in [0.25, 0.3) is 0 Å². The van der Waals surface area contributed by atoms with E-state index in [4.69, 9.17) is 11.6 Å². The molecule has 0 unspecified atom stereocenters. The van der Waals surface area contributed by atoms with Crippen LogP contribution in [0.15, 0.2) is 42.9 Å². The minimum absolute atomic E-state index is 0.0140. The summed E-state index contributed by atoms with van der Waals surface area (Å²) in [7, 11) is -4.48. The normalized spacial score (nSPS) is 11.3. The van der Waals surface area contributed by atoms with Crippen molar-refractivity contribution in [2.24, 2.45) is 0 Å². The van der Waals surface area contributed by atoms with Crippen molar-refractivity contribution in [3.63, 3.8) is 0 Å². The van der Waals surface area contributed by atoms with Crippen LogP contribution in [0.2, 0.25) is 5.02 Å². The molecule has 0 atom stereocenters. The monoisotopic (exact) mass is 299 g/mol. The van der Waals surface area contributed by atoms with Gasteiger partial charge in [-0.25, -0.2) is 9.55 Å². The van der Waals surface area contributed by atoms with E-state index in [-0.39, 0.29) is 12.4 Å². The second-order valence-electron chi connectivity index (χ2n) is 3.76. The van der Waals surface area contributed by atoms with Gasteiger partial charge in [-0.1, -0.05) is 23.7 Å². The molecule has 0 saturated heterocycles. The summed E-state index contributed by atoms with van der Waals surface area (Å²) in [4.78, 5) is 26.5. The van der Waals surface area contributed by atoms with E-state index in [9.17, 15) is 14.4 Å². The number of benzene rings is 1. The van der Waals surface area contributed by atoms with Gasteiger partial charge in [0.1, 0.15) is 0 Å². The van der Waals surface area contributed by atoms with E-state index in [1.54, 1.807) is 24.3 Å². The standard InChI is InChI=1S/C11H11ClN3O3P/c12-10-3-1-9(2-4-10)8-15(19(16,17)18)11-7-13-5-6-14-11/h1-7H,8H2,(H2,16,17,18). The number of hydrogen-bond donors (Lipinski definition) is 2. The number of nitrogens with zero attached hydrogens (tertiary/aromatic N) is 3. The molecule has 2 aromatic rings. The van der Waals surface area contributed by atoms with Gasteiger partial charge in [-0.3, -0.25) is 9.65 Å². The molecule has 0 bridgehead atoms. The lowest BCUT2D eigenvalue weighted by atomic mass is 10.2. The molecular formula is C11H11ClN3O3P. The number of aromatic nitrogens is 2. The van der Waals surface area contributed by atoms with Crippen LogP contribution >= 0.6 is 19.3 Å². The van der Waals surface area contributed by atoms with E-state index in [2.05, 4.69) is 9.97 Å². The molecule has 8 heteroatoms. The van der Waals surface area contributed by atoms with Crippen LogP contribution in [0.1, 0.15) is 5.56 Å². The summed E-state index contributed by atoms with van der Waals surface area (Å²) in [5.74, 6) is 0.116. The van der Waals surface area contributed by atoms with Crippen LogP contribution in [0.4, 0.5) is 5.82 Å². The van der Waals surface area contributed by atoms with Gasteiger partial charge in [-0.15, -0.1) is 0 Å². The fraction of sp³-hybridized carbons (Fsp3) is 0.0909. The molecule has 0 fully saturated rings. The highest BCUT2D eigenvalue weighted by Crippen LogP contribution is 2.43. The van der Waals surface area contributed by atoms with Crippen molar-refractivity contribution in [2.75, 3.05) is 4.67 Å². The van der Waals surface area contributed by atoms with Crippen molar-refractivity contribution in [3.8, 4) is 0 Å². The summed E-state index contributed by atoms with van der Waals surface area (Å²) in [6.45, 7) is 0.0140. The summed E-state index contributed by atoms with van der Waals surface area (Å²) in [5, 5.41) is 0.561. The first-order valence-electron chi connectivity index (χ1n) is 5.31. The van der Waals surface area contributed by atoms with Crippen molar-refractivity contribution in [1.82, 2.24) is 9.97 Å². The first kappa shape index (κ1) is 14.0. The number of rotatable bonds is 4. The maximum atomic E-state index is 11.5. The molecule has 100 valence electrons. The Labute approximate surface area is 114 Å². The Bertz CT molecular complexity index is 588. The second-order valence-corrected chi connectivity index (χ2v) is 5.71. The average molecular weight is 300 g/mol. The SMILES string of the molecule is O=P(O)(O)N(Cc1ccc(Cl)cc1)c1cnccn1. The van der Waals surface area contributed by atoms with Crippen LogP contribution in [0.25, 0.3) is 0 Å². The van der Waals surface area contributed by atoms with Gasteiger partial charge in [0.05, 0.1) is 12.7 Å². The molecule has 1 aromatic carbocycles. The maximum absolute atomic E-state index is 11.5. The lowest BCUT2D eigenvalue weighted by molar-refractivity contribution is 0.367. The van der Waals surface area contributed by atoms with Gasteiger partial charge in [-0.05, 0) is 17.7 Å². The Hall–Kier alpha value is -1.46. The summed E-state index contributed by atoms with van der Waals surface area (Å²) in [6, 6.07) is 6.71. The second kappa shape index (κ2) is 5.67. The molecule has 1 aromatic heterocycles. The maximum Gasteiger partial charge on any atom is 0.431 e. The zero-order chi connectivity index (χ0) is 13.9. The Balaban J connectivity index is 2.30. The zero-order valence-corrected chi connectivity index (χ0v) is 11.4. The van der Waals surface area contributed by atoms with Gasteiger partial charge in [-0.2, -0.15) is 0 Å². The van der Waals surface area contributed by atoms with Gasteiger partial charge >= 0.3 is 7.75 Å². The first-order chi connectivity index (χ1) is 8.97. The lowest BCUT2D eigenvalue weighted by Gasteiger charge is -2.23. The largest absolute Gasteiger partial charge is 0.431 e. The van der Waals surface area contributed by atoms with Gasteiger partial charge in [0.15, 0.2) is 5.82 Å². The first-order valence-corrected chi connectivity index (χ1v) is 7.25. The summed E-state index contributed by atoms with van der Waals surface area (Å²) in [5.41, 5.74) is 0.707. The predicted octanol–water partition coefficient (Wildman–Crippen LogP) is 2.23. The van der Waals surface area contributed by atoms with Crippen LogP contribution in [0.5, 0.6) is 0 Å². The molecule has 0 saturated carbocycles. The molecule has 2 N–H and O–H groups in total. The van der Waals surface area contributed by atoms with Crippen LogP contribution < -0.4 is 4.67 Å². The molecule has 0 aliphatic carbocycles. The Morgan fingerprint density at radius 2 is 1.89 bits per heavy atom. The third-order valence-electron chi connectivity index (χ3n) is 2.37. The van der Waals surface area contributed by atoms with Crippen LogP contribution in [-0.4, -0.2) is 19.8 Å². The molecule has 2 rings (SSSR count). The van der Waals surface area contributed by atoms with Crippen molar-refractivity contribution >= 4 is 25.2 Å². The van der Waals surface area contributed by atoms with Gasteiger partial charge < -0.3 is 9.79 Å². The Kier molecular flexibility index (Phi) is 4.17. The molecule has 0 aliphatic rings. The zero-order valence-electron chi connectivity index (χ0n) is 9.72. The van der Waals surface area contributed by atoms with E-state index in [1.165, 1.54) is 18.6 Å². The molecule has 1 heterocycles. The third kappa shape index (κ3) is 3.75. The summed E-state index contributed by atoms with van der Waals surface area (Å²) >= 11 is 5.77. The molecule has 0 radical (unpaired) electrons. The summed E-state index contributed by atoms with van der Waals surface area (Å²) in [6.07, 6.45) is 4.11. The van der Waals surface area contributed by atoms with Crippen LogP contribution in [0.3, 0.4) is 0 Å². The minimum atomic E-state index is -4.48. The number of halogens is 1. The van der Waals surface area contributed by atoms with Gasteiger partial charge in [0, 0.05) is 17.4 Å².